The molecule has 0 spiro atoms. The van der Waals surface area contributed by atoms with Crippen LogP contribution in [-0.4, -0.2) is 40.9 Å². The molecule has 0 unspecified atom stereocenters. The Kier molecular flexibility index (Phi) is 4.31. The van der Waals surface area contributed by atoms with Crippen molar-refractivity contribution in [1.82, 2.24) is 20.0 Å². The largest absolute Gasteiger partial charge is 0.317 e. The first-order valence-electron chi connectivity index (χ1n) is 7.33. The summed E-state index contributed by atoms with van der Waals surface area (Å²) in [6.07, 6.45) is 4.69. The van der Waals surface area contributed by atoms with Crippen molar-refractivity contribution in [2.45, 2.75) is 51.6 Å². The molecular weight excluding hydrogens is 236 g/mol. The summed E-state index contributed by atoms with van der Waals surface area (Å²) in [5.74, 6) is 0. The first-order chi connectivity index (χ1) is 8.90. The first-order valence-corrected chi connectivity index (χ1v) is 7.33. The third-order valence-corrected chi connectivity index (χ3v) is 4.00. The van der Waals surface area contributed by atoms with Gasteiger partial charge in [-0.15, -0.1) is 0 Å². The van der Waals surface area contributed by atoms with Crippen molar-refractivity contribution in [3.05, 3.63) is 17.5 Å². The normalized spacial score (nSPS) is 19.0. The van der Waals surface area contributed by atoms with E-state index in [4.69, 9.17) is 0 Å². The van der Waals surface area contributed by atoms with Crippen LogP contribution in [0.2, 0.25) is 0 Å². The second kappa shape index (κ2) is 5.63. The second-order valence-electron chi connectivity index (χ2n) is 6.77. The Bertz CT molecular complexity index is 408. The minimum Gasteiger partial charge on any atom is -0.317 e. The third kappa shape index (κ3) is 3.57. The average molecular weight is 264 g/mol. The maximum Gasteiger partial charge on any atom is 0.0722 e. The molecular formula is C15H28N4. The molecule has 1 aromatic heterocycles. The Balaban J connectivity index is 2.04. The maximum atomic E-state index is 4.66. The van der Waals surface area contributed by atoms with Crippen LogP contribution in [0.4, 0.5) is 0 Å². The van der Waals surface area contributed by atoms with Gasteiger partial charge in [-0.2, -0.15) is 5.10 Å². The van der Waals surface area contributed by atoms with Gasteiger partial charge in [0.2, 0.25) is 0 Å². The summed E-state index contributed by atoms with van der Waals surface area (Å²) in [7, 11) is 4.09. The fraction of sp³-hybridized carbons (Fsp3) is 0.800. The highest BCUT2D eigenvalue weighted by molar-refractivity contribution is 5.24. The number of nitrogens with one attached hydrogen (secondary N) is 1. The fourth-order valence-electron chi connectivity index (χ4n) is 2.91. The van der Waals surface area contributed by atoms with Gasteiger partial charge in [-0.05, 0) is 33.0 Å². The molecule has 19 heavy (non-hydrogen) atoms. The average Bonchev–Trinajstić information content (AvgIpc) is 2.71. The number of rotatable bonds is 3. The molecule has 108 valence electrons. The Morgan fingerprint density at radius 2 is 1.95 bits per heavy atom. The van der Waals surface area contributed by atoms with Crippen molar-refractivity contribution >= 4 is 0 Å². The highest BCUT2D eigenvalue weighted by Gasteiger charge is 2.24. The lowest BCUT2D eigenvalue weighted by Gasteiger charge is -2.32. The van der Waals surface area contributed by atoms with E-state index >= 15 is 0 Å². The topological polar surface area (TPSA) is 33.1 Å². The second-order valence-corrected chi connectivity index (χ2v) is 6.77. The van der Waals surface area contributed by atoms with E-state index in [1.165, 1.54) is 37.2 Å². The van der Waals surface area contributed by atoms with Gasteiger partial charge in [0.05, 0.1) is 5.69 Å². The standard InChI is InChI=1S/C15H28N4/c1-15(2,3)14-12(10-18(5)17-14)11-19-8-6-13(16-4)7-9-19/h10,13,16H,6-9,11H2,1-5H3. The molecule has 1 aliphatic heterocycles. The number of aryl methyl sites for hydroxylation is 1. The van der Waals surface area contributed by atoms with Crippen LogP contribution in [0.15, 0.2) is 6.20 Å². The molecule has 1 saturated heterocycles. The molecule has 1 fully saturated rings. The molecule has 0 atom stereocenters. The number of nitrogens with zero attached hydrogens (tertiary/aromatic N) is 3. The zero-order valence-corrected chi connectivity index (χ0v) is 13.0. The van der Waals surface area contributed by atoms with Gasteiger partial charge in [-0.1, -0.05) is 20.8 Å². The smallest absolute Gasteiger partial charge is 0.0722 e. The Hall–Kier alpha value is -0.870. The van der Waals surface area contributed by atoms with Crippen LogP contribution in [0, 0.1) is 0 Å². The van der Waals surface area contributed by atoms with Crippen LogP contribution in [0.25, 0.3) is 0 Å². The van der Waals surface area contributed by atoms with Crippen LogP contribution >= 0.6 is 0 Å². The van der Waals surface area contributed by atoms with Gasteiger partial charge in [0.15, 0.2) is 0 Å². The highest BCUT2D eigenvalue weighted by Crippen LogP contribution is 2.25. The van der Waals surface area contributed by atoms with Crippen LogP contribution in [0.5, 0.6) is 0 Å². The lowest BCUT2D eigenvalue weighted by molar-refractivity contribution is 0.193. The van der Waals surface area contributed by atoms with E-state index in [0.29, 0.717) is 6.04 Å². The highest BCUT2D eigenvalue weighted by atomic mass is 15.3. The molecule has 2 rings (SSSR count). The van der Waals surface area contributed by atoms with Crippen molar-refractivity contribution < 1.29 is 0 Å². The molecule has 1 aromatic rings. The van der Waals surface area contributed by atoms with Gasteiger partial charge in [0.25, 0.3) is 0 Å². The fourth-order valence-corrected chi connectivity index (χ4v) is 2.91. The maximum absolute atomic E-state index is 4.66. The minimum absolute atomic E-state index is 0.125. The summed E-state index contributed by atoms with van der Waals surface area (Å²) in [6, 6.07) is 0.701. The van der Waals surface area contributed by atoms with Crippen LogP contribution < -0.4 is 5.32 Å². The Labute approximate surface area is 117 Å². The summed E-state index contributed by atoms with van der Waals surface area (Å²) < 4.78 is 1.95. The van der Waals surface area contributed by atoms with Gasteiger partial charge >= 0.3 is 0 Å². The Morgan fingerprint density at radius 1 is 1.32 bits per heavy atom. The van der Waals surface area contributed by atoms with E-state index in [2.05, 4.69) is 49.3 Å². The van der Waals surface area contributed by atoms with Crippen molar-refractivity contribution in [2.24, 2.45) is 7.05 Å². The van der Waals surface area contributed by atoms with Gasteiger partial charge in [-0.25, -0.2) is 0 Å². The zero-order chi connectivity index (χ0) is 14.0. The summed E-state index contributed by atoms with van der Waals surface area (Å²) in [5.41, 5.74) is 2.75. The summed E-state index contributed by atoms with van der Waals surface area (Å²) in [4.78, 5) is 2.56. The van der Waals surface area contributed by atoms with E-state index in [-0.39, 0.29) is 5.41 Å². The van der Waals surface area contributed by atoms with Crippen LogP contribution in [0.1, 0.15) is 44.9 Å². The van der Waals surface area contributed by atoms with E-state index in [1.807, 2.05) is 11.7 Å². The molecule has 0 aliphatic carbocycles. The minimum atomic E-state index is 0.125. The quantitative estimate of drug-likeness (QED) is 0.905. The van der Waals surface area contributed by atoms with Gasteiger partial charge in [-0.3, -0.25) is 9.58 Å². The molecule has 2 heterocycles. The summed E-state index contributed by atoms with van der Waals surface area (Å²) >= 11 is 0. The van der Waals surface area contributed by atoms with Gasteiger partial charge < -0.3 is 5.32 Å². The number of piperidine rings is 1. The van der Waals surface area contributed by atoms with Crippen molar-refractivity contribution in [1.29, 1.82) is 0 Å². The first kappa shape index (κ1) is 14.5. The van der Waals surface area contributed by atoms with Crippen molar-refractivity contribution in [2.75, 3.05) is 20.1 Å². The number of aromatic nitrogens is 2. The van der Waals surface area contributed by atoms with E-state index in [1.54, 1.807) is 0 Å². The molecule has 0 saturated carbocycles. The van der Waals surface area contributed by atoms with Crippen molar-refractivity contribution in [3.8, 4) is 0 Å². The monoisotopic (exact) mass is 264 g/mol. The van der Waals surface area contributed by atoms with Gasteiger partial charge in [0, 0.05) is 36.8 Å². The summed E-state index contributed by atoms with van der Waals surface area (Å²) in [6.45, 7) is 10.1. The molecule has 4 nitrogen and oxygen atoms in total. The molecule has 0 radical (unpaired) electrons. The molecule has 1 N–H and O–H groups in total. The van der Waals surface area contributed by atoms with E-state index in [0.717, 1.165) is 6.54 Å². The lowest BCUT2D eigenvalue weighted by atomic mass is 9.89. The van der Waals surface area contributed by atoms with E-state index in [9.17, 15) is 0 Å². The zero-order valence-electron chi connectivity index (χ0n) is 13.0. The SMILES string of the molecule is CNC1CCN(Cc2cn(C)nc2C(C)(C)C)CC1. The van der Waals surface area contributed by atoms with Gasteiger partial charge in [0.1, 0.15) is 0 Å². The van der Waals surface area contributed by atoms with Crippen LogP contribution in [-0.2, 0) is 19.0 Å². The molecule has 0 aromatic carbocycles. The Morgan fingerprint density at radius 3 is 2.47 bits per heavy atom. The summed E-state index contributed by atoms with van der Waals surface area (Å²) in [5, 5.41) is 8.04. The molecule has 4 heteroatoms. The van der Waals surface area contributed by atoms with Crippen molar-refractivity contribution in [3.63, 3.8) is 0 Å². The number of hydrogen-bond donors (Lipinski definition) is 1. The van der Waals surface area contributed by atoms with Crippen LogP contribution in [0.3, 0.4) is 0 Å². The number of likely N-dealkylation sites (tertiary alicyclic amines) is 1. The predicted molar refractivity (Wildman–Crippen MR) is 79.3 cm³/mol. The molecule has 0 amide bonds. The lowest BCUT2D eigenvalue weighted by Crippen LogP contribution is -2.40. The molecule has 0 bridgehead atoms. The van der Waals surface area contributed by atoms with E-state index < -0.39 is 0 Å². The third-order valence-electron chi connectivity index (χ3n) is 4.00. The molecule has 1 aliphatic rings. The number of hydrogen-bond acceptors (Lipinski definition) is 3. The predicted octanol–water partition coefficient (Wildman–Crippen LogP) is 1.90.